The molecule has 2 heterocycles. The van der Waals surface area contributed by atoms with Crippen molar-refractivity contribution in [1.82, 2.24) is 19.6 Å². The third-order valence-corrected chi connectivity index (χ3v) is 4.58. The summed E-state index contributed by atoms with van der Waals surface area (Å²) in [5.41, 5.74) is 2.41. The maximum atomic E-state index is 13.3. The molecule has 0 saturated heterocycles. The van der Waals surface area contributed by atoms with Crippen LogP contribution in [0.1, 0.15) is 27.6 Å². The van der Waals surface area contributed by atoms with E-state index in [9.17, 15) is 14.9 Å². The van der Waals surface area contributed by atoms with Gasteiger partial charge in [-0.2, -0.15) is 4.98 Å². The SMILES string of the molecule is Cc1cc(C)n2nc(CN(C(=O)c3cccc([N+](=O)[O-])c3)c3ccccc3)nc2n1. The number of amides is 1. The third-order valence-electron chi connectivity index (χ3n) is 4.58. The lowest BCUT2D eigenvalue weighted by atomic mass is 10.1. The molecular weight excluding hydrogens is 384 g/mol. The normalized spacial score (nSPS) is 10.9. The van der Waals surface area contributed by atoms with Gasteiger partial charge in [0.1, 0.15) is 0 Å². The van der Waals surface area contributed by atoms with Crippen LogP contribution in [0, 0.1) is 24.0 Å². The molecule has 1 amide bonds. The fraction of sp³-hybridized carbons (Fsp3) is 0.143. The van der Waals surface area contributed by atoms with Crippen molar-refractivity contribution in [2.75, 3.05) is 4.90 Å². The first-order chi connectivity index (χ1) is 14.4. The molecule has 0 radical (unpaired) electrons. The number of rotatable bonds is 5. The van der Waals surface area contributed by atoms with E-state index < -0.39 is 4.92 Å². The number of carbonyl (C=O) groups is 1. The van der Waals surface area contributed by atoms with Gasteiger partial charge in [0.15, 0.2) is 5.82 Å². The van der Waals surface area contributed by atoms with Crippen molar-refractivity contribution in [3.63, 3.8) is 0 Å². The van der Waals surface area contributed by atoms with Crippen molar-refractivity contribution in [1.29, 1.82) is 0 Å². The fourth-order valence-corrected chi connectivity index (χ4v) is 3.21. The van der Waals surface area contributed by atoms with Crippen LogP contribution in [0.5, 0.6) is 0 Å². The monoisotopic (exact) mass is 402 g/mol. The number of aromatic nitrogens is 4. The van der Waals surface area contributed by atoms with Crippen molar-refractivity contribution >= 4 is 23.1 Å². The molecule has 0 aliphatic carbocycles. The zero-order chi connectivity index (χ0) is 21.3. The van der Waals surface area contributed by atoms with Gasteiger partial charge in [-0.15, -0.1) is 5.10 Å². The van der Waals surface area contributed by atoms with E-state index in [2.05, 4.69) is 15.1 Å². The number of nitrogens with zero attached hydrogens (tertiary/aromatic N) is 6. The molecule has 9 nitrogen and oxygen atoms in total. The molecule has 0 saturated carbocycles. The number of hydrogen-bond donors (Lipinski definition) is 0. The molecule has 30 heavy (non-hydrogen) atoms. The number of hydrogen-bond acceptors (Lipinski definition) is 6. The highest BCUT2D eigenvalue weighted by Crippen LogP contribution is 2.21. The lowest BCUT2D eigenvalue weighted by molar-refractivity contribution is -0.384. The van der Waals surface area contributed by atoms with Crippen molar-refractivity contribution in [3.8, 4) is 0 Å². The number of fused-ring (bicyclic) bond motifs is 1. The molecular formula is C21H18N6O3. The van der Waals surface area contributed by atoms with Crippen LogP contribution >= 0.6 is 0 Å². The zero-order valence-electron chi connectivity index (χ0n) is 16.4. The summed E-state index contributed by atoms with van der Waals surface area (Å²) in [5, 5.41) is 15.6. The van der Waals surface area contributed by atoms with E-state index in [-0.39, 0.29) is 23.7 Å². The molecule has 0 spiro atoms. The minimum absolute atomic E-state index is 0.0907. The molecule has 0 N–H and O–H groups in total. The van der Waals surface area contributed by atoms with E-state index in [1.54, 1.807) is 22.7 Å². The topological polar surface area (TPSA) is 107 Å². The Morgan fingerprint density at radius 3 is 2.57 bits per heavy atom. The molecule has 150 valence electrons. The molecule has 9 heteroatoms. The highest BCUT2D eigenvalue weighted by atomic mass is 16.6. The van der Waals surface area contributed by atoms with E-state index in [4.69, 9.17) is 0 Å². The van der Waals surface area contributed by atoms with Gasteiger partial charge in [-0.1, -0.05) is 24.3 Å². The van der Waals surface area contributed by atoms with Crippen LogP contribution in [0.4, 0.5) is 11.4 Å². The Balaban J connectivity index is 1.74. The summed E-state index contributed by atoms with van der Waals surface area (Å²) in [5.74, 6) is 0.488. The maximum absolute atomic E-state index is 13.3. The molecule has 0 bridgehead atoms. The number of anilines is 1. The average Bonchev–Trinajstić information content (AvgIpc) is 3.15. The van der Waals surface area contributed by atoms with Crippen LogP contribution in [0.3, 0.4) is 0 Å². The smallest absolute Gasteiger partial charge is 0.270 e. The first-order valence-electron chi connectivity index (χ1n) is 9.23. The van der Waals surface area contributed by atoms with Crippen LogP contribution in [0.25, 0.3) is 5.78 Å². The quantitative estimate of drug-likeness (QED) is 0.374. The molecule has 0 aliphatic heterocycles. The second kappa shape index (κ2) is 7.70. The number of aryl methyl sites for hydroxylation is 2. The number of nitro benzene ring substituents is 1. The Morgan fingerprint density at radius 1 is 1.07 bits per heavy atom. The first kappa shape index (κ1) is 19.2. The molecule has 0 unspecified atom stereocenters. The zero-order valence-corrected chi connectivity index (χ0v) is 16.4. The number of carbonyl (C=O) groups excluding carboxylic acids is 1. The highest BCUT2D eigenvalue weighted by Gasteiger charge is 2.22. The van der Waals surface area contributed by atoms with Gasteiger partial charge in [0.05, 0.1) is 11.5 Å². The van der Waals surface area contributed by atoms with E-state index in [0.717, 1.165) is 11.4 Å². The Hall–Kier alpha value is -4.14. The van der Waals surface area contributed by atoms with Gasteiger partial charge in [-0.3, -0.25) is 14.9 Å². The van der Waals surface area contributed by atoms with Crippen molar-refractivity contribution in [2.24, 2.45) is 0 Å². The van der Waals surface area contributed by atoms with E-state index in [1.807, 2.05) is 38.1 Å². The van der Waals surface area contributed by atoms with Gasteiger partial charge in [-0.05, 0) is 38.1 Å². The number of benzene rings is 2. The summed E-state index contributed by atoms with van der Waals surface area (Å²) in [7, 11) is 0. The summed E-state index contributed by atoms with van der Waals surface area (Å²) in [6.07, 6.45) is 0. The van der Waals surface area contributed by atoms with Gasteiger partial charge in [-0.25, -0.2) is 9.50 Å². The van der Waals surface area contributed by atoms with Crippen molar-refractivity contribution in [3.05, 3.63) is 93.6 Å². The van der Waals surface area contributed by atoms with Gasteiger partial charge in [0.25, 0.3) is 17.4 Å². The number of non-ortho nitro benzene ring substituents is 1. The van der Waals surface area contributed by atoms with Crippen molar-refractivity contribution in [2.45, 2.75) is 20.4 Å². The molecule has 2 aromatic carbocycles. The van der Waals surface area contributed by atoms with E-state index in [0.29, 0.717) is 17.3 Å². The van der Waals surface area contributed by atoms with Crippen LogP contribution < -0.4 is 4.90 Å². The van der Waals surface area contributed by atoms with Gasteiger partial charge in [0, 0.05) is 34.8 Å². The Labute approximate surface area is 171 Å². The summed E-state index contributed by atoms with van der Waals surface area (Å²) < 4.78 is 1.63. The second-order valence-corrected chi connectivity index (χ2v) is 6.81. The van der Waals surface area contributed by atoms with E-state index >= 15 is 0 Å². The van der Waals surface area contributed by atoms with Crippen LogP contribution in [0.2, 0.25) is 0 Å². The summed E-state index contributed by atoms with van der Waals surface area (Å²) in [6.45, 7) is 3.88. The largest absolute Gasteiger partial charge is 0.301 e. The Kier molecular flexibility index (Phi) is 4.93. The summed E-state index contributed by atoms with van der Waals surface area (Å²) >= 11 is 0. The Morgan fingerprint density at radius 2 is 1.83 bits per heavy atom. The minimum atomic E-state index is -0.524. The first-order valence-corrected chi connectivity index (χ1v) is 9.23. The molecule has 0 aliphatic rings. The predicted molar refractivity (Wildman–Crippen MR) is 110 cm³/mol. The van der Waals surface area contributed by atoms with Gasteiger partial charge >= 0.3 is 0 Å². The number of para-hydroxylation sites is 1. The Bertz CT molecular complexity index is 1250. The third kappa shape index (κ3) is 3.72. The molecule has 4 aromatic rings. The van der Waals surface area contributed by atoms with E-state index in [1.165, 1.54) is 23.1 Å². The number of nitro groups is 1. The average molecular weight is 402 g/mol. The second-order valence-electron chi connectivity index (χ2n) is 6.81. The van der Waals surface area contributed by atoms with Gasteiger partial charge in [0.2, 0.25) is 0 Å². The lowest BCUT2D eigenvalue weighted by Gasteiger charge is -2.21. The minimum Gasteiger partial charge on any atom is -0.301 e. The molecule has 2 aromatic heterocycles. The van der Waals surface area contributed by atoms with Gasteiger partial charge < -0.3 is 4.90 Å². The molecule has 4 rings (SSSR count). The van der Waals surface area contributed by atoms with Crippen LogP contribution in [-0.4, -0.2) is 30.4 Å². The van der Waals surface area contributed by atoms with Crippen LogP contribution in [-0.2, 0) is 6.54 Å². The maximum Gasteiger partial charge on any atom is 0.270 e. The molecule has 0 fully saturated rings. The standard InChI is InChI=1S/C21H18N6O3/c1-14-11-15(2)26-21(22-14)23-19(24-26)13-25(17-8-4-3-5-9-17)20(28)16-7-6-10-18(12-16)27(29)30/h3-12H,13H2,1-2H3. The predicted octanol–water partition coefficient (Wildman–Crippen LogP) is 3.50. The fourth-order valence-electron chi connectivity index (χ4n) is 3.21. The molecule has 0 atom stereocenters. The van der Waals surface area contributed by atoms with Crippen molar-refractivity contribution < 1.29 is 9.72 Å². The highest BCUT2D eigenvalue weighted by molar-refractivity contribution is 6.06. The lowest BCUT2D eigenvalue weighted by Crippen LogP contribution is -2.31. The summed E-state index contributed by atoms with van der Waals surface area (Å²) in [4.78, 5) is 34.2. The summed E-state index contributed by atoms with van der Waals surface area (Å²) in [6, 6.07) is 16.6. The van der Waals surface area contributed by atoms with Crippen LogP contribution in [0.15, 0.2) is 60.7 Å².